The molecule has 7 nitrogen and oxygen atoms in total. The van der Waals surface area contributed by atoms with Crippen molar-refractivity contribution in [3.05, 3.63) is 70.3 Å². The summed E-state index contributed by atoms with van der Waals surface area (Å²) in [5, 5.41) is 2.82. The van der Waals surface area contributed by atoms with Gasteiger partial charge >= 0.3 is 5.76 Å². The fourth-order valence-corrected chi connectivity index (χ4v) is 3.33. The molecule has 0 spiro atoms. The maximum absolute atomic E-state index is 12.6. The number of oxazole rings is 1. The van der Waals surface area contributed by atoms with Crippen LogP contribution in [0.15, 0.2) is 57.9 Å². The topological polar surface area (TPSA) is 95.4 Å². The lowest BCUT2D eigenvalue weighted by molar-refractivity contribution is -0.129. The molecule has 3 aromatic rings. The maximum Gasteiger partial charge on any atom is 0.417 e. The molecule has 4 rings (SSSR count). The highest BCUT2D eigenvalue weighted by atomic mass is 16.4. The molecule has 0 fully saturated rings. The van der Waals surface area contributed by atoms with Gasteiger partial charge in [-0.05, 0) is 35.4 Å². The Morgan fingerprint density at radius 3 is 2.85 bits per heavy atom. The molecule has 7 heteroatoms. The van der Waals surface area contributed by atoms with Crippen LogP contribution in [0.1, 0.15) is 30.5 Å². The summed E-state index contributed by atoms with van der Waals surface area (Å²) in [6.45, 7) is 1.48. The molecule has 0 bridgehead atoms. The molecule has 1 aromatic heterocycles. The van der Waals surface area contributed by atoms with Crippen LogP contribution in [0.3, 0.4) is 0 Å². The zero-order valence-electron chi connectivity index (χ0n) is 14.6. The Hall–Kier alpha value is -3.61. The predicted molar refractivity (Wildman–Crippen MR) is 101 cm³/mol. The van der Waals surface area contributed by atoms with Gasteiger partial charge in [0.25, 0.3) is 0 Å². The van der Waals surface area contributed by atoms with Crippen LogP contribution >= 0.6 is 0 Å². The van der Waals surface area contributed by atoms with Gasteiger partial charge in [0.1, 0.15) is 0 Å². The third-order valence-corrected chi connectivity index (χ3v) is 4.55. The van der Waals surface area contributed by atoms with E-state index in [0.717, 1.165) is 11.1 Å². The number of carbonyl (C=O) groups excluding carboxylic acids is 2. The minimum Gasteiger partial charge on any atom is -0.408 e. The van der Waals surface area contributed by atoms with Crippen molar-refractivity contribution in [1.82, 2.24) is 9.88 Å². The van der Waals surface area contributed by atoms with Gasteiger partial charge in [0.05, 0.1) is 18.0 Å². The molecule has 0 saturated heterocycles. The summed E-state index contributed by atoms with van der Waals surface area (Å²) < 4.78 is 4.95. The van der Waals surface area contributed by atoms with E-state index >= 15 is 0 Å². The second kappa shape index (κ2) is 6.60. The number of benzene rings is 2. The predicted octanol–water partition coefficient (Wildman–Crippen LogP) is 3.02. The SMILES string of the molecule is CC(=O)N1C=Cc2ccccc2[C@@H]1CC(=O)Nc1ccc2oc(=O)[nH]c2c1. The van der Waals surface area contributed by atoms with E-state index in [0.29, 0.717) is 16.8 Å². The summed E-state index contributed by atoms with van der Waals surface area (Å²) >= 11 is 0. The Kier molecular flexibility index (Phi) is 4.12. The van der Waals surface area contributed by atoms with Crippen molar-refractivity contribution in [2.75, 3.05) is 5.32 Å². The van der Waals surface area contributed by atoms with E-state index in [2.05, 4.69) is 10.3 Å². The number of nitrogens with one attached hydrogen (secondary N) is 2. The summed E-state index contributed by atoms with van der Waals surface area (Å²) in [6, 6.07) is 12.2. The molecule has 0 unspecified atom stereocenters. The van der Waals surface area contributed by atoms with Crippen LogP contribution in [0.25, 0.3) is 17.2 Å². The molecule has 1 aliphatic rings. The van der Waals surface area contributed by atoms with Crippen molar-refractivity contribution >= 4 is 34.7 Å². The average Bonchev–Trinajstić information content (AvgIpc) is 3.01. The number of rotatable bonds is 3. The summed E-state index contributed by atoms with van der Waals surface area (Å²) in [5.41, 5.74) is 3.39. The minimum absolute atomic E-state index is 0.112. The van der Waals surface area contributed by atoms with Crippen LogP contribution in [0, 0.1) is 0 Å². The first kappa shape index (κ1) is 16.8. The standard InChI is InChI=1S/C20H17N3O4/c1-12(24)23-9-8-13-4-2-3-5-15(13)17(23)11-19(25)21-14-6-7-18-16(10-14)22-20(26)27-18/h2-10,17H,11H2,1H3,(H,21,25)(H,22,26)/t17-/m0/s1. The summed E-state index contributed by atoms with van der Waals surface area (Å²) in [7, 11) is 0. The lowest BCUT2D eigenvalue weighted by Gasteiger charge is -2.32. The highest BCUT2D eigenvalue weighted by molar-refractivity contribution is 5.93. The van der Waals surface area contributed by atoms with E-state index in [9.17, 15) is 14.4 Å². The second-order valence-corrected chi connectivity index (χ2v) is 6.36. The van der Waals surface area contributed by atoms with E-state index in [4.69, 9.17) is 4.42 Å². The molecule has 2 amide bonds. The maximum atomic E-state index is 12.6. The van der Waals surface area contributed by atoms with E-state index in [1.165, 1.54) is 6.92 Å². The van der Waals surface area contributed by atoms with Gasteiger partial charge < -0.3 is 14.6 Å². The van der Waals surface area contributed by atoms with Gasteiger partial charge in [0, 0.05) is 18.8 Å². The lowest BCUT2D eigenvalue weighted by atomic mass is 9.93. The molecule has 2 aromatic carbocycles. The third kappa shape index (κ3) is 3.27. The number of fused-ring (bicyclic) bond motifs is 2. The quantitative estimate of drug-likeness (QED) is 0.748. The Labute approximate surface area is 154 Å². The van der Waals surface area contributed by atoms with Crippen LogP contribution in [0.2, 0.25) is 0 Å². The first-order valence-electron chi connectivity index (χ1n) is 8.50. The number of nitrogens with zero attached hydrogens (tertiary/aromatic N) is 1. The van der Waals surface area contributed by atoms with E-state index in [1.54, 1.807) is 29.3 Å². The Balaban J connectivity index is 1.57. The molecule has 2 N–H and O–H groups in total. The van der Waals surface area contributed by atoms with Gasteiger partial charge in [-0.25, -0.2) is 4.79 Å². The number of amides is 2. The number of hydrogen-bond donors (Lipinski definition) is 2. The van der Waals surface area contributed by atoms with Crippen LogP contribution < -0.4 is 11.1 Å². The fourth-order valence-electron chi connectivity index (χ4n) is 3.33. The highest BCUT2D eigenvalue weighted by Gasteiger charge is 2.28. The number of anilines is 1. The van der Waals surface area contributed by atoms with Crippen LogP contribution in [-0.4, -0.2) is 21.7 Å². The van der Waals surface area contributed by atoms with Crippen LogP contribution in [0.4, 0.5) is 5.69 Å². The summed E-state index contributed by atoms with van der Waals surface area (Å²) in [6.07, 6.45) is 3.69. The molecule has 0 aliphatic carbocycles. The molecule has 2 heterocycles. The zero-order chi connectivity index (χ0) is 19.0. The fraction of sp³-hybridized carbons (Fsp3) is 0.150. The molecular formula is C20H17N3O4. The van der Waals surface area contributed by atoms with Crippen molar-refractivity contribution in [1.29, 1.82) is 0 Å². The Morgan fingerprint density at radius 2 is 2.04 bits per heavy atom. The van der Waals surface area contributed by atoms with E-state index in [-0.39, 0.29) is 24.3 Å². The average molecular weight is 363 g/mol. The smallest absolute Gasteiger partial charge is 0.408 e. The largest absolute Gasteiger partial charge is 0.417 e. The van der Waals surface area contributed by atoms with Crippen LogP contribution in [0.5, 0.6) is 0 Å². The molecule has 27 heavy (non-hydrogen) atoms. The van der Waals surface area contributed by atoms with E-state index in [1.807, 2.05) is 30.3 Å². The molecule has 0 radical (unpaired) electrons. The van der Waals surface area contributed by atoms with Crippen molar-refractivity contribution in [3.63, 3.8) is 0 Å². The summed E-state index contributed by atoms with van der Waals surface area (Å²) in [5.74, 6) is -0.909. The van der Waals surface area contributed by atoms with Crippen molar-refractivity contribution in [3.8, 4) is 0 Å². The highest BCUT2D eigenvalue weighted by Crippen LogP contribution is 2.33. The van der Waals surface area contributed by atoms with E-state index < -0.39 is 5.76 Å². The monoisotopic (exact) mass is 363 g/mol. The number of hydrogen-bond acceptors (Lipinski definition) is 4. The number of H-pyrrole nitrogens is 1. The number of aromatic nitrogens is 1. The first-order valence-corrected chi connectivity index (χ1v) is 8.50. The number of carbonyl (C=O) groups is 2. The molecule has 0 saturated carbocycles. The third-order valence-electron chi connectivity index (χ3n) is 4.55. The van der Waals surface area contributed by atoms with Gasteiger partial charge in [-0.2, -0.15) is 0 Å². The zero-order valence-corrected chi connectivity index (χ0v) is 14.6. The molecule has 1 atom stereocenters. The van der Waals surface area contributed by atoms with Gasteiger partial charge in [0.2, 0.25) is 11.8 Å². The van der Waals surface area contributed by atoms with Crippen molar-refractivity contribution < 1.29 is 14.0 Å². The van der Waals surface area contributed by atoms with Crippen molar-refractivity contribution in [2.24, 2.45) is 0 Å². The molecule has 1 aliphatic heterocycles. The number of aromatic amines is 1. The second-order valence-electron chi connectivity index (χ2n) is 6.36. The lowest BCUT2D eigenvalue weighted by Crippen LogP contribution is -2.33. The first-order chi connectivity index (χ1) is 13.0. The van der Waals surface area contributed by atoms with Crippen molar-refractivity contribution in [2.45, 2.75) is 19.4 Å². The van der Waals surface area contributed by atoms with Gasteiger partial charge in [0.15, 0.2) is 5.58 Å². The minimum atomic E-state index is -0.545. The Morgan fingerprint density at radius 1 is 1.22 bits per heavy atom. The van der Waals surface area contributed by atoms with Gasteiger partial charge in [-0.3, -0.25) is 14.6 Å². The molecular weight excluding hydrogens is 346 g/mol. The van der Waals surface area contributed by atoms with Gasteiger partial charge in [-0.15, -0.1) is 0 Å². The molecule has 136 valence electrons. The van der Waals surface area contributed by atoms with Crippen LogP contribution in [-0.2, 0) is 9.59 Å². The Bertz CT molecular complexity index is 1130. The summed E-state index contributed by atoms with van der Waals surface area (Å²) in [4.78, 5) is 40.0. The normalized spacial score (nSPS) is 15.6. The van der Waals surface area contributed by atoms with Gasteiger partial charge in [-0.1, -0.05) is 24.3 Å².